The molecule has 0 spiro atoms. The Morgan fingerprint density at radius 1 is 1.25 bits per heavy atom. The molecular formula is C18H23N3O3. The number of nitrogens with one attached hydrogen (secondary N) is 1. The molecule has 2 aromatic rings. The van der Waals surface area contributed by atoms with Crippen LogP contribution >= 0.6 is 0 Å². The summed E-state index contributed by atoms with van der Waals surface area (Å²) >= 11 is 0. The summed E-state index contributed by atoms with van der Waals surface area (Å²) in [7, 11) is 1.62. The Balaban J connectivity index is 2.03. The van der Waals surface area contributed by atoms with E-state index in [0.717, 1.165) is 11.1 Å². The van der Waals surface area contributed by atoms with Crippen molar-refractivity contribution in [2.45, 2.75) is 20.0 Å². The van der Waals surface area contributed by atoms with Gasteiger partial charge in [-0.2, -0.15) is 0 Å². The number of aliphatic hydroxyl groups is 1. The first-order valence-electron chi connectivity index (χ1n) is 7.88. The second-order valence-electron chi connectivity index (χ2n) is 5.76. The fraction of sp³-hybridized carbons (Fsp3) is 0.333. The van der Waals surface area contributed by atoms with Crippen molar-refractivity contribution in [2.24, 2.45) is 7.05 Å². The van der Waals surface area contributed by atoms with Crippen molar-refractivity contribution >= 4 is 11.7 Å². The number of anilines is 1. The van der Waals surface area contributed by atoms with Gasteiger partial charge in [0.15, 0.2) is 0 Å². The van der Waals surface area contributed by atoms with Crippen molar-refractivity contribution in [3.63, 3.8) is 0 Å². The minimum atomic E-state index is -0.753. The molecule has 0 saturated heterocycles. The van der Waals surface area contributed by atoms with Gasteiger partial charge in [0.1, 0.15) is 0 Å². The van der Waals surface area contributed by atoms with Gasteiger partial charge in [-0.1, -0.05) is 29.8 Å². The van der Waals surface area contributed by atoms with E-state index in [1.165, 1.54) is 15.5 Å². The fourth-order valence-electron chi connectivity index (χ4n) is 2.33. The highest BCUT2D eigenvalue weighted by atomic mass is 16.3. The molecule has 1 aromatic heterocycles. The highest BCUT2D eigenvalue weighted by Crippen LogP contribution is 2.16. The maximum atomic E-state index is 12.4. The molecule has 0 aliphatic carbocycles. The quantitative estimate of drug-likeness (QED) is 0.884. The van der Waals surface area contributed by atoms with E-state index in [1.807, 2.05) is 38.1 Å². The van der Waals surface area contributed by atoms with Gasteiger partial charge < -0.3 is 19.9 Å². The van der Waals surface area contributed by atoms with E-state index in [4.69, 9.17) is 0 Å². The lowest BCUT2D eigenvalue weighted by atomic mass is 10.1. The Morgan fingerprint density at radius 2 is 1.92 bits per heavy atom. The maximum absolute atomic E-state index is 12.4. The zero-order valence-corrected chi connectivity index (χ0v) is 14.2. The number of rotatable bonds is 5. The fourth-order valence-corrected chi connectivity index (χ4v) is 2.33. The van der Waals surface area contributed by atoms with Gasteiger partial charge in [-0.05, 0) is 25.5 Å². The molecule has 1 unspecified atom stereocenters. The normalized spacial score (nSPS) is 11.8. The van der Waals surface area contributed by atoms with Crippen LogP contribution < -0.4 is 10.9 Å². The SMILES string of the molecule is CCN(CC(O)c1ccc(C)cc1)C(=O)Nc1ccc(=O)n(C)c1. The predicted molar refractivity (Wildman–Crippen MR) is 94.1 cm³/mol. The average molecular weight is 329 g/mol. The van der Waals surface area contributed by atoms with E-state index >= 15 is 0 Å². The number of amides is 2. The average Bonchev–Trinajstić information content (AvgIpc) is 2.56. The molecule has 0 bridgehead atoms. The minimum absolute atomic E-state index is 0.143. The summed E-state index contributed by atoms with van der Waals surface area (Å²) in [6.45, 7) is 4.48. The molecule has 128 valence electrons. The van der Waals surface area contributed by atoms with E-state index in [9.17, 15) is 14.7 Å². The molecule has 2 rings (SSSR count). The molecule has 0 fully saturated rings. The van der Waals surface area contributed by atoms with Crippen LogP contribution in [0.2, 0.25) is 0 Å². The molecule has 24 heavy (non-hydrogen) atoms. The second-order valence-corrected chi connectivity index (χ2v) is 5.76. The van der Waals surface area contributed by atoms with Gasteiger partial charge in [0.05, 0.1) is 18.3 Å². The number of nitrogens with zero attached hydrogens (tertiary/aromatic N) is 2. The second kappa shape index (κ2) is 7.79. The number of pyridine rings is 1. The lowest BCUT2D eigenvalue weighted by Gasteiger charge is -2.24. The molecular weight excluding hydrogens is 306 g/mol. The standard InChI is InChI=1S/C18H23N3O3/c1-4-21(12-16(22)14-7-5-13(2)6-8-14)18(24)19-15-9-10-17(23)20(3)11-15/h5-11,16,22H,4,12H2,1-3H3,(H,19,24). The summed E-state index contributed by atoms with van der Waals surface area (Å²) in [5, 5.41) is 13.1. The number of aromatic nitrogens is 1. The number of urea groups is 1. The third kappa shape index (κ3) is 4.45. The Morgan fingerprint density at radius 3 is 2.50 bits per heavy atom. The highest BCUT2D eigenvalue weighted by Gasteiger charge is 2.17. The molecule has 1 heterocycles. The third-order valence-electron chi connectivity index (χ3n) is 3.86. The Kier molecular flexibility index (Phi) is 5.76. The summed E-state index contributed by atoms with van der Waals surface area (Å²) in [4.78, 5) is 25.3. The molecule has 0 aliphatic rings. The van der Waals surface area contributed by atoms with Gasteiger partial charge in [-0.15, -0.1) is 0 Å². The molecule has 0 aliphatic heterocycles. The number of carbonyl (C=O) groups is 1. The number of hydrogen-bond acceptors (Lipinski definition) is 3. The molecule has 0 saturated carbocycles. The van der Waals surface area contributed by atoms with Crippen molar-refractivity contribution in [1.29, 1.82) is 0 Å². The Labute approximate surface area is 141 Å². The summed E-state index contributed by atoms with van der Waals surface area (Å²) < 4.78 is 1.40. The third-order valence-corrected chi connectivity index (χ3v) is 3.86. The Hall–Kier alpha value is -2.60. The van der Waals surface area contributed by atoms with Crippen LogP contribution in [-0.4, -0.2) is 33.7 Å². The van der Waals surface area contributed by atoms with Gasteiger partial charge in [-0.3, -0.25) is 4.79 Å². The van der Waals surface area contributed by atoms with Crippen LogP contribution in [0.25, 0.3) is 0 Å². The smallest absolute Gasteiger partial charge is 0.321 e. The number of hydrogen-bond donors (Lipinski definition) is 2. The molecule has 1 aromatic carbocycles. The zero-order valence-electron chi connectivity index (χ0n) is 14.2. The van der Waals surface area contributed by atoms with Crippen molar-refractivity contribution in [1.82, 2.24) is 9.47 Å². The van der Waals surface area contributed by atoms with E-state index < -0.39 is 6.10 Å². The molecule has 1 atom stereocenters. The predicted octanol–water partition coefficient (Wildman–Crippen LogP) is 2.28. The number of aliphatic hydroxyl groups excluding tert-OH is 1. The van der Waals surface area contributed by atoms with Crippen LogP contribution in [0.15, 0.2) is 47.4 Å². The highest BCUT2D eigenvalue weighted by molar-refractivity contribution is 5.89. The number of likely N-dealkylation sites (N-methyl/N-ethyl adjacent to an activating group) is 1. The van der Waals surface area contributed by atoms with Crippen molar-refractivity contribution in [2.75, 3.05) is 18.4 Å². The van der Waals surface area contributed by atoms with Crippen molar-refractivity contribution in [3.8, 4) is 0 Å². The Bertz CT molecular complexity index is 753. The van der Waals surface area contributed by atoms with E-state index in [2.05, 4.69) is 5.32 Å². The summed E-state index contributed by atoms with van der Waals surface area (Å²) in [5.41, 5.74) is 2.28. The number of aryl methyl sites for hydroxylation is 2. The van der Waals surface area contributed by atoms with E-state index in [0.29, 0.717) is 12.2 Å². The summed E-state index contributed by atoms with van der Waals surface area (Å²) in [6, 6.07) is 10.2. The van der Waals surface area contributed by atoms with Gasteiger partial charge in [-0.25, -0.2) is 4.79 Å². The van der Waals surface area contributed by atoms with Crippen LogP contribution in [0, 0.1) is 6.92 Å². The van der Waals surface area contributed by atoms with Crippen LogP contribution in [-0.2, 0) is 7.05 Å². The van der Waals surface area contributed by atoms with E-state index in [1.54, 1.807) is 19.3 Å². The van der Waals surface area contributed by atoms with Gasteiger partial charge in [0.25, 0.3) is 0 Å². The van der Waals surface area contributed by atoms with Gasteiger partial charge in [0, 0.05) is 25.9 Å². The van der Waals surface area contributed by atoms with Crippen LogP contribution in [0.5, 0.6) is 0 Å². The van der Waals surface area contributed by atoms with Crippen LogP contribution in [0.3, 0.4) is 0 Å². The molecule has 2 N–H and O–H groups in total. The largest absolute Gasteiger partial charge is 0.387 e. The minimum Gasteiger partial charge on any atom is -0.387 e. The van der Waals surface area contributed by atoms with E-state index in [-0.39, 0.29) is 18.1 Å². The van der Waals surface area contributed by atoms with Crippen LogP contribution in [0.4, 0.5) is 10.5 Å². The first-order chi connectivity index (χ1) is 11.4. The molecule has 6 nitrogen and oxygen atoms in total. The monoisotopic (exact) mass is 329 g/mol. The van der Waals surface area contributed by atoms with Crippen LogP contribution in [0.1, 0.15) is 24.2 Å². The lowest BCUT2D eigenvalue weighted by molar-refractivity contribution is 0.128. The number of benzene rings is 1. The maximum Gasteiger partial charge on any atom is 0.321 e. The zero-order chi connectivity index (χ0) is 17.7. The first kappa shape index (κ1) is 17.7. The summed E-state index contributed by atoms with van der Waals surface area (Å²) in [6.07, 6.45) is 0.807. The van der Waals surface area contributed by atoms with Crippen molar-refractivity contribution in [3.05, 3.63) is 64.1 Å². The first-order valence-corrected chi connectivity index (χ1v) is 7.88. The topological polar surface area (TPSA) is 74.6 Å². The van der Waals surface area contributed by atoms with Gasteiger partial charge >= 0.3 is 6.03 Å². The molecule has 6 heteroatoms. The van der Waals surface area contributed by atoms with Gasteiger partial charge in [0.2, 0.25) is 5.56 Å². The molecule has 0 radical (unpaired) electrons. The van der Waals surface area contributed by atoms with Crippen molar-refractivity contribution < 1.29 is 9.90 Å². The summed E-state index contributed by atoms with van der Waals surface area (Å²) in [5.74, 6) is 0. The molecule has 2 amide bonds. The number of carbonyl (C=O) groups excluding carboxylic acids is 1. The lowest BCUT2D eigenvalue weighted by Crippen LogP contribution is -2.38.